The number of fused-ring (bicyclic) bond motifs is 2. The summed E-state index contributed by atoms with van der Waals surface area (Å²) in [6.45, 7) is 11.7. The lowest BCUT2D eigenvalue weighted by atomic mass is 9.94. The second-order valence-corrected chi connectivity index (χ2v) is 23.0. The zero-order chi connectivity index (χ0) is 49.0. The molecule has 0 bridgehead atoms. The molecule has 10 rings (SSSR count). The Morgan fingerprint density at radius 3 is 2.40 bits per heavy atom. The Balaban J connectivity index is 0.803. The summed E-state index contributed by atoms with van der Waals surface area (Å²) < 4.78 is 36.9. The minimum atomic E-state index is -2.95. The molecule has 0 spiro atoms. The van der Waals surface area contributed by atoms with Crippen molar-refractivity contribution in [3.8, 4) is 16.9 Å². The van der Waals surface area contributed by atoms with E-state index >= 15 is 0 Å². The number of piperidine rings is 2. The molecule has 3 aromatic carbocycles. The minimum Gasteiger partial charge on any atom is -0.494 e. The van der Waals surface area contributed by atoms with Gasteiger partial charge in [-0.25, -0.2) is 9.37 Å². The summed E-state index contributed by atoms with van der Waals surface area (Å²) in [5.41, 5.74) is 7.64. The van der Waals surface area contributed by atoms with Gasteiger partial charge in [-0.2, -0.15) is 10.1 Å². The molecule has 4 aliphatic rings. The molecule has 0 saturated carbocycles. The number of amides is 3. The van der Waals surface area contributed by atoms with Crippen LogP contribution < -0.4 is 35.8 Å². The van der Waals surface area contributed by atoms with E-state index in [2.05, 4.69) is 79.8 Å². The Morgan fingerprint density at radius 2 is 1.69 bits per heavy atom. The van der Waals surface area contributed by atoms with E-state index < -0.39 is 24.9 Å². The van der Waals surface area contributed by atoms with Gasteiger partial charge >= 0.3 is 0 Å². The number of benzene rings is 3. The second kappa shape index (κ2) is 19.1. The van der Waals surface area contributed by atoms with Crippen LogP contribution in [0, 0.1) is 18.7 Å². The van der Waals surface area contributed by atoms with Gasteiger partial charge in [0.25, 0.3) is 5.91 Å². The van der Waals surface area contributed by atoms with E-state index in [1.54, 1.807) is 55.3 Å². The monoisotopic (exact) mass is 1030 g/mol. The van der Waals surface area contributed by atoms with Gasteiger partial charge in [0.2, 0.25) is 17.8 Å². The maximum atomic E-state index is 14.8. The van der Waals surface area contributed by atoms with E-state index in [1.807, 2.05) is 31.6 Å². The molecular formula is C50H55BrFN12O5P. The number of hydrogen-bond acceptors (Lipinski definition) is 14. The number of nitrogens with zero attached hydrogens (tertiary/aromatic N) is 9. The van der Waals surface area contributed by atoms with Crippen molar-refractivity contribution in [1.29, 1.82) is 0 Å². The van der Waals surface area contributed by atoms with Crippen LogP contribution in [0.15, 0.2) is 71.6 Å². The maximum Gasteiger partial charge on any atom is 0.255 e. The fraction of sp³-hybridized carbons (Fsp3) is 0.380. The molecule has 6 aromatic rings. The van der Waals surface area contributed by atoms with Crippen molar-refractivity contribution in [2.75, 3.05) is 86.7 Å². The quantitative estimate of drug-likeness (QED) is 0.0828. The number of aryl methyl sites for hydroxylation is 2. The molecule has 20 heteroatoms. The van der Waals surface area contributed by atoms with Gasteiger partial charge in [-0.3, -0.25) is 34.3 Å². The first-order valence-corrected chi connectivity index (χ1v) is 26.9. The summed E-state index contributed by atoms with van der Waals surface area (Å²) >= 11 is 3.59. The van der Waals surface area contributed by atoms with Gasteiger partial charge in [-0.15, -0.1) is 0 Å². The first kappa shape index (κ1) is 47.3. The lowest BCUT2D eigenvalue weighted by Crippen LogP contribution is -2.52. The Kier molecular flexibility index (Phi) is 12.9. The van der Waals surface area contributed by atoms with Crippen LogP contribution in [0.25, 0.3) is 22.0 Å². The lowest BCUT2D eigenvalue weighted by molar-refractivity contribution is -0.136. The number of carbonyl (C=O) groups is 3. The van der Waals surface area contributed by atoms with Crippen molar-refractivity contribution in [3.05, 3.63) is 94.2 Å². The fourth-order valence-electron chi connectivity index (χ4n) is 10.3. The van der Waals surface area contributed by atoms with Gasteiger partial charge < -0.3 is 34.6 Å². The molecule has 4 aliphatic heterocycles. The third-order valence-electron chi connectivity index (χ3n) is 13.9. The van der Waals surface area contributed by atoms with Gasteiger partial charge in [0.05, 0.1) is 40.4 Å². The number of aromatic nitrogens is 5. The zero-order valence-corrected chi connectivity index (χ0v) is 42.2. The molecule has 0 aliphatic carbocycles. The van der Waals surface area contributed by atoms with Crippen LogP contribution in [0.2, 0.25) is 0 Å². The van der Waals surface area contributed by atoms with Gasteiger partial charge in [-0.1, -0.05) is 0 Å². The van der Waals surface area contributed by atoms with Crippen molar-refractivity contribution in [3.63, 3.8) is 0 Å². The number of anilines is 6. The summed E-state index contributed by atoms with van der Waals surface area (Å²) in [6, 6.07) is 14.5. The first-order chi connectivity index (χ1) is 33.6. The van der Waals surface area contributed by atoms with Crippen LogP contribution in [-0.4, -0.2) is 125 Å². The van der Waals surface area contributed by atoms with E-state index in [0.29, 0.717) is 74.0 Å². The molecular weight excluding hydrogens is 979 g/mol. The molecule has 3 aromatic heterocycles. The summed E-state index contributed by atoms with van der Waals surface area (Å²) in [7, 11) is 0.601. The molecule has 3 fully saturated rings. The fourth-order valence-corrected chi connectivity index (χ4v) is 12.1. The number of nitrogens with one attached hydrogen (secondary N) is 3. The highest BCUT2D eigenvalue weighted by molar-refractivity contribution is 9.10. The summed E-state index contributed by atoms with van der Waals surface area (Å²) in [6.07, 6.45) is 8.16. The van der Waals surface area contributed by atoms with E-state index in [0.717, 1.165) is 86.7 Å². The number of rotatable bonds is 12. The Hall–Kier alpha value is -6.43. The Morgan fingerprint density at radius 1 is 0.900 bits per heavy atom. The van der Waals surface area contributed by atoms with E-state index in [1.165, 1.54) is 6.07 Å². The van der Waals surface area contributed by atoms with Crippen molar-refractivity contribution < 1.29 is 28.1 Å². The van der Waals surface area contributed by atoms with E-state index in [-0.39, 0.29) is 23.9 Å². The molecule has 70 heavy (non-hydrogen) atoms. The number of methoxy groups -OCH3 is 1. The van der Waals surface area contributed by atoms with Crippen LogP contribution in [0.4, 0.5) is 38.9 Å². The topological polar surface area (TPSA) is 183 Å². The zero-order valence-electron chi connectivity index (χ0n) is 39.8. The highest BCUT2D eigenvalue weighted by atomic mass is 79.9. The van der Waals surface area contributed by atoms with Crippen molar-refractivity contribution >= 4 is 91.5 Å². The number of pyridine rings is 1. The number of carbonyl (C=O) groups excluding carboxylic acids is 3. The number of hydrogen-bond donors (Lipinski definition) is 3. The summed E-state index contributed by atoms with van der Waals surface area (Å²) in [5, 5.41) is 14.6. The molecule has 364 valence electrons. The highest BCUT2D eigenvalue weighted by Crippen LogP contribution is 2.44. The molecule has 1 unspecified atom stereocenters. The van der Waals surface area contributed by atoms with Gasteiger partial charge in [0.15, 0.2) is 0 Å². The predicted octanol–water partition coefficient (Wildman–Crippen LogP) is 7.18. The van der Waals surface area contributed by atoms with E-state index in [4.69, 9.17) is 9.72 Å². The van der Waals surface area contributed by atoms with Crippen LogP contribution in [0.1, 0.15) is 47.3 Å². The summed E-state index contributed by atoms with van der Waals surface area (Å²) in [4.78, 5) is 60.3. The minimum absolute atomic E-state index is 0.153. The van der Waals surface area contributed by atoms with Crippen LogP contribution in [0.3, 0.4) is 0 Å². The normalized spacial score (nSPS) is 18.1. The van der Waals surface area contributed by atoms with Crippen molar-refractivity contribution in [1.82, 2.24) is 39.8 Å². The number of ether oxygens (including phenoxy) is 1. The Labute approximate surface area is 413 Å². The molecule has 17 nitrogen and oxygen atoms in total. The average Bonchev–Trinajstić information content (AvgIpc) is 3.92. The van der Waals surface area contributed by atoms with E-state index in [9.17, 15) is 23.3 Å². The largest absolute Gasteiger partial charge is 0.494 e. The predicted molar refractivity (Wildman–Crippen MR) is 273 cm³/mol. The number of imide groups is 1. The SMILES string of the molecule is COc1cc(N2CCC(CN3CCN(c4ccc5c(c4)CN(C4CCC(=O)NC4=O)C5=O)CC3)CC2)c(-c2cnn(C)c2)cc1Nc1ncc(Br)c(Nc2ccc3nc(C)c(F)cc3c2P(C)(C)=O)n1. The van der Waals surface area contributed by atoms with Gasteiger partial charge in [-0.05, 0) is 109 Å². The third-order valence-corrected chi connectivity index (χ3v) is 16.1. The smallest absolute Gasteiger partial charge is 0.255 e. The third kappa shape index (κ3) is 9.45. The van der Waals surface area contributed by atoms with Crippen molar-refractivity contribution in [2.24, 2.45) is 13.0 Å². The number of piperazine rings is 1. The average molecular weight is 1030 g/mol. The maximum absolute atomic E-state index is 14.8. The van der Waals surface area contributed by atoms with Crippen molar-refractivity contribution in [2.45, 2.75) is 45.2 Å². The molecule has 3 N–H and O–H groups in total. The van der Waals surface area contributed by atoms with Crippen LogP contribution >= 0.6 is 23.1 Å². The standard InChI is InChI=1S/C50H55BrFN12O5P/c1-29-38(52)21-36-39(55-29)8-9-40(46(36)70(4,5)68)56-47-37(51)25-53-50(59-47)57-41-22-35(32-24-54-60(2)27-32)43(23-44(41)69-3)63-14-12-30(13-15-63)26-61-16-18-62(19-17-61)33-6-7-34-31(20-33)28-64(49(34)67)42-10-11-45(65)58-48(42)66/h6-9,20-25,27,30,42H,10-19,26,28H2,1-5H3,(H,58,65,66)(H2,53,56,57,59). The summed E-state index contributed by atoms with van der Waals surface area (Å²) in [5.74, 6) is 0.562. The highest BCUT2D eigenvalue weighted by Gasteiger charge is 2.39. The molecule has 0 radical (unpaired) electrons. The van der Waals surface area contributed by atoms with Gasteiger partial charge in [0.1, 0.15) is 30.6 Å². The Bertz CT molecular complexity index is 3110. The number of halogens is 2. The second-order valence-electron chi connectivity index (χ2n) is 19.0. The van der Waals surface area contributed by atoms with Gasteiger partial charge in [0, 0.05) is 123 Å². The molecule has 7 heterocycles. The van der Waals surface area contributed by atoms with Crippen LogP contribution in [0.5, 0.6) is 5.75 Å². The molecule has 3 amide bonds. The molecule has 1 atom stereocenters. The molecule has 3 saturated heterocycles. The van der Waals surface area contributed by atoms with Crippen LogP contribution in [-0.2, 0) is 27.7 Å². The first-order valence-electron chi connectivity index (χ1n) is 23.5. The lowest BCUT2D eigenvalue weighted by Gasteiger charge is -2.40.